The smallest absolute Gasteiger partial charge is 0.186 e. The minimum atomic E-state index is 0.517. The van der Waals surface area contributed by atoms with Crippen LogP contribution in [0.1, 0.15) is 33.6 Å². The quantitative estimate of drug-likeness (QED) is 0.743. The fraction of sp³-hybridized carbons (Fsp3) is 0.818. The predicted octanol–water partition coefficient (Wildman–Crippen LogP) is 2.07. The molecule has 0 aliphatic carbocycles. The molecule has 1 atom stereocenters. The summed E-state index contributed by atoms with van der Waals surface area (Å²) in [5, 5.41) is 9.14. The first-order valence-electron chi connectivity index (χ1n) is 5.91. The fourth-order valence-corrected chi connectivity index (χ4v) is 2.37. The van der Waals surface area contributed by atoms with Crippen molar-refractivity contribution < 1.29 is 0 Å². The predicted molar refractivity (Wildman–Crippen MR) is 68.7 cm³/mol. The summed E-state index contributed by atoms with van der Waals surface area (Å²) in [6.07, 6.45) is 3.99. The molecule has 0 aliphatic rings. The van der Waals surface area contributed by atoms with Crippen molar-refractivity contribution in [3.8, 4) is 0 Å². The average Bonchev–Trinajstić information content (AvgIpc) is 2.66. The molecule has 1 N–H and O–H groups in total. The highest BCUT2D eigenvalue weighted by atomic mass is 32.2. The minimum absolute atomic E-state index is 0.517. The zero-order valence-electron chi connectivity index (χ0n) is 10.6. The molecule has 16 heavy (non-hydrogen) atoms. The molecule has 0 aliphatic heterocycles. The molecule has 1 rings (SSSR count). The van der Waals surface area contributed by atoms with Crippen molar-refractivity contribution in [3.05, 3.63) is 6.33 Å². The van der Waals surface area contributed by atoms with E-state index in [9.17, 15) is 0 Å². The third kappa shape index (κ3) is 4.14. The van der Waals surface area contributed by atoms with Gasteiger partial charge in [0, 0.05) is 24.9 Å². The maximum absolute atomic E-state index is 4.21. The number of hydrogen-bond acceptors (Lipinski definition) is 4. The Labute approximate surface area is 102 Å². The van der Waals surface area contributed by atoms with E-state index in [-0.39, 0.29) is 0 Å². The summed E-state index contributed by atoms with van der Waals surface area (Å²) in [6.45, 7) is 7.68. The Morgan fingerprint density at radius 2 is 2.12 bits per heavy atom. The average molecular weight is 242 g/mol. The van der Waals surface area contributed by atoms with Crippen LogP contribution < -0.4 is 5.32 Å². The summed E-state index contributed by atoms with van der Waals surface area (Å²) in [4.78, 5) is 4.21. The van der Waals surface area contributed by atoms with Crippen LogP contribution in [0, 0.1) is 0 Å². The van der Waals surface area contributed by atoms with Gasteiger partial charge in [-0.15, -0.1) is 0 Å². The van der Waals surface area contributed by atoms with Crippen molar-refractivity contribution in [1.82, 2.24) is 20.1 Å². The Bertz CT molecular complexity index is 296. The molecule has 0 aromatic carbocycles. The number of aromatic nitrogens is 3. The maximum Gasteiger partial charge on any atom is 0.186 e. The first-order valence-corrected chi connectivity index (χ1v) is 6.79. The number of nitrogens with one attached hydrogen (secondary N) is 1. The topological polar surface area (TPSA) is 42.7 Å². The Morgan fingerprint density at radius 1 is 1.44 bits per heavy atom. The van der Waals surface area contributed by atoms with Crippen molar-refractivity contribution in [2.75, 3.05) is 6.54 Å². The molecule has 0 saturated heterocycles. The van der Waals surface area contributed by atoms with Gasteiger partial charge < -0.3 is 5.32 Å². The molecule has 1 unspecified atom stereocenters. The van der Waals surface area contributed by atoms with Crippen LogP contribution >= 0.6 is 11.8 Å². The second-order valence-electron chi connectivity index (χ2n) is 4.02. The van der Waals surface area contributed by atoms with E-state index in [0.717, 1.165) is 11.7 Å². The normalized spacial score (nSPS) is 13.3. The van der Waals surface area contributed by atoms with Gasteiger partial charge in [0.25, 0.3) is 0 Å². The van der Waals surface area contributed by atoms with E-state index in [1.54, 1.807) is 18.1 Å². The molecule has 92 valence electrons. The molecule has 0 radical (unpaired) electrons. The van der Waals surface area contributed by atoms with Gasteiger partial charge in [-0.25, -0.2) is 9.67 Å². The summed E-state index contributed by atoms with van der Waals surface area (Å²) in [5.41, 5.74) is 0. The van der Waals surface area contributed by atoms with Gasteiger partial charge >= 0.3 is 0 Å². The SMILES string of the molecule is CCC(CC)NCC(C)Sc1ncnn1C. The molecule has 0 saturated carbocycles. The number of thioether (sulfide) groups is 1. The van der Waals surface area contributed by atoms with Crippen LogP contribution in [-0.2, 0) is 7.05 Å². The van der Waals surface area contributed by atoms with Crippen molar-refractivity contribution in [3.63, 3.8) is 0 Å². The number of hydrogen-bond donors (Lipinski definition) is 1. The summed E-state index contributed by atoms with van der Waals surface area (Å²) in [6, 6.07) is 0.641. The molecule has 0 amide bonds. The van der Waals surface area contributed by atoms with E-state index >= 15 is 0 Å². The van der Waals surface area contributed by atoms with E-state index in [1.165, 1.54) is 12.8 Å². The Balaban J connectivity index is 2.31. The summed E-state index contributed by atoms with van der Waals surface area (Å²) >= 11 is 1.77. The number of nitrogens with zero attached hydrogens (tertiary/aromatic N) is 3. The Hall–Kier alpha value is -0.550. The van der Waals surface area contributed by atoms with Crippen LogP contribution in [0.3, 0.4) is 0 Å². The highest BCUT2D eigenvalue weighted by Crippen LogP contribution is 2.19. The molecule has 4 nitrogen and oxygen atoms in total. The lowest BCUT2D eigenvalue weighted by atomic mass is 10.2. The Kier molecular flexibility index (Phi) is 5.84. The van der Waals surface area contributed by atoms with Gasteiger partial charge in [0.05, 0.1) is 0 Å². The molecule has 0 spiro atoms. The van der Waals surface area contributed by atoms with Crippen molar-refractivity contribution in [1.29, 1.82) is 0 Å². The van der Waals surface area contributed by atoms with Gasteiger partial charge in [0.15, 0.2) is 5.16 Å². The molecular formula is C11H22N4S. The second kappa shape index (κ2) is 6.91. The van der Waals surface area contributed by atoms with Gasteiger partial charge in [-0.1, -0.05) is 32.5 Å². The number of aryl methyl sites for hydroxylation is 1. The first-order chi connectivity index (χ1) is 7.67. The third-order valence-corrected chi connectivity index (χ3v) is 3.81. The van der Waals surface area contributed by atoms with Gasteiger partial charge in [-0.3, -0.25) is 0 Å². The highest BCUT2D eigenvalue weighted by molar-refractivity contribution is 7.99. The van der Waals surface area contributed by atoms with E-state index < -0.39 is 0 Å². The van der Waals surface area contributed by atoms with Crippen molar-refractivity contribution in [2.24, 2.45) is 7.05 Å². The van der Waals surface area contributed by atoms with E-state index in [2.05, 4.69) is 36.2 Å². The monoisotopic (exact) mass is 242 g/mol. The largest absolute Gasteiger partial charge is 0.313 e. The van der Waals surface area contributed by atoms with Gasteiger partial charge in [-0.05, 0) is 12.8 Å². The molecule has 5 heteroatoms. The fourth-order valence-electron chi connectivity index (χ4n) is 1.52. The van der Waals surface area contributed by atoms with Crippen LogP contribution in [0.2, 0.25) is 0 Å². The maximum atomic E-state index is 4.21. The van der Waals surface area contributed by atoms with E-state index in [1.807, 2.05) is 11.7 Å². The third-order valence-electron chi connectivity index (χ3n) is 2.66. The van der Waals surface area contributed by atoms with Gasteiger partial charge in [-0.2, -0.15) is 5.10 Å². The van der Waals surface area contributed by atoms with Crippen LogP contribution in [0.5, 0.6) is 0 Å². The lowest BCUT2D eigenvalue weighted by molar-refractivity contribution is 0.487. The standard InChI is InChI=1S/C11H22N4S/c1-5-10(6-2)12-7-9(3)16-11-13-8-14-15(11)4/h8-10,12H,5-7H2,1-4H3. The van der Waals surface area contributed by atoms with E-state index in [4.69, 9.17) is 0 Å². The van der Waals surface area contributed by atoms with Crippen LogP contribution in [-0.4, -0.2) is 32.6 Å². The molecule has 1 heterocycles. The first kappa shape index (κ1) is 13.5. The van der Waals surface area contributed by atoms with Crippen molar-refractivity contribution in [2.45, 2.75) is 50.1 Å². The van der Waals surface area contributed by atoms with Gasteiger partial charge in [0.1, 0.15) is 6.33 Å². The summed E-state index contributed by atoms with van der Waals surface area (Å²) in [5.74, 6) is 0. The lowest BCUT2D eigenvalue weighted by Gasteiger charge is -2.17. The van der Waals surface area contributed by atoms with Crippen LogP contribution in [0.15, 0.2) is 11.5 Å². The highest BCUT2D eigenvalue weighted by Gasteiger charge is 2.10. The summed E-state index contributed by atoms with van der Waals surface area (Å²) in [7, 11) is 1.93. The van der Waals surface area contributed by atoms with Crippen molar-refractivity contribution >= 4 is 11.8 Å². The number of rotatable bonds is 7. The minimum Gasteiger partial charge on any atom is -0.313 e. The van der Waals surface area contributed by atoms with Crippen LogP contribution in [0.25, 0.3) is 0 Å². The second-order valence-corrected chi connectivity index (χ2v) is 5.42. The molecule has 1 aromatic heterocycles. The molecule has 1 aromatic rings. The lowest BCUT2D eigenvalue weighted by Crippen LogP contribution is -2.32. The van der Waals surface area contributed by atoms with Crippen LogP contribution in [0.4, 0.5) is 0 Å². The molecule has 0 fully saturated rings. The Morgan fingerprint density at radius 3 is 2.62 bits per heavy atom. The molecular weight excluding hydrogens is 220 g/mol. The molecule has 0 bridgehead atoms. The van der Waals surface area contributed by atoms with E-state index in [0.29, 0.717) is 11.3 Å². The van der Waals surface area contributed by atoms with Gasteiger partial charge in [0.2, 0.25) is 0 Å². The zero-order valence-corrected chi connectivity index (χ0v) is 11.4. The zero-order chi connectivity index (χ0) is 12.0. The summed E-state index contributed by atoms with van der Waals surface area (Å²) < 4.78 is 1.82.